The van der Waals surface area contributed by atoms with Crippen molar-refractivity contribution in [2.45, 2.75) is 6.92 Å². The molecule has 5 nitrogen and oxygen atoms in total. The highest BCUT2D eigenvalue weighted by Crippen LogP contribution is 2.39. The van der Waals surface area contributed by atoms with Crippen LogP contribution in [0, 0.1) is 6.92 Å². The lowest BCUT2D eigenvalue weighted by atomic mass is 10.1. The van der Waals surface area contributed by atoms with E-state index in [1.807, 2.05) is 0 Å². The number of carbonyl (C=O) groups is 2. The molecule has 0 bridgehead atoms. The fraction of sp³-hybridized carbons (Fsp3) is 0.0476. The van der Waals surface area contributed by atoms with Crippen LogP contribution in [0.3, 0.4) is 0 Å². The van der Waals surface area contributed by atoms with E-state index in [-0.39, 0.29) is 11.5 Å². The van der Waals surface area contributed by atoms with Crippen LogP contribution in [0.15, 0.2) is 65.0 Å². The first-order chi connectivity index (χ1) is 13.0. The number of hydrogen-bond donors (Lipinski definition) is 0. The molecule has 1 aromatic heterocycles. The van der Waals surface area contributed by atoms with Crippen molar-refractivity contribution >= 4 is 29.4 Å². The Morgan fingerprint density at radius 2 is 1.89 bits per heavy atom. The van der Waals surface area contributed by atoms with Crippen LogP contribution in [-0.2, 0) is 0 Å². The van der Waals surface area contributed by atoms with Crippen molar-refractivity contribution in [1.29, 1.82) is 0 Å². The molecule has 0 radical (unpaired) electrons. The van der Waals surface area contributed by atoms with Crippen molar-refractivity contribution < 1.29 is 23.5 Å². The molecule has 6 heteroatoms. The number of allylic oxidation sites excluding steroid dienone is 1. The fourth-order valence-electron chi connectivity index (χ4n) is 2.73. The van der Waals surface area contributed by atoms with Gasteiger partial charge in [-0.2, -0.15) is 0 Å². The number of benzene rings is 2. The van der Waals surface area contributed by atoms with Crippen LogP contribution in [0.1, 0.15) is 32.0 Å². The first kappa shape index (κ1) is 17.1. The van der Waals surface area contributed by atoms with Gasteiger partial charge in [-0.1, -0.05) is 11.6 Å². The Bertz CT molecular complexity index is 1060. The number of ether oxygens (including phenoxy) is 2. The molecule has 3 aromatic rings. The number of fused-ring (bicyclic) bond motifs is 1. The number of furan rings is 1. The minimum absolute atomic E-state index is 0.157. The summed E-state index contributed by atoms with van der Waals surface area (Å²) in [5.41, 5.74) is 1.34. The van der Waals surface area contributed by atoms with Gasteiger partial charge in [-0.3, -0.25) is 4.79 Å². The molecule has 0 spiro atoms. The van der Waals surface area contributed by atoms with E-state index < -0.39 is 5.97 Å². The lowest BCUT2D eigenvalue weighted by Crippen LogP contribution is -2.09. The Morgan fingerprint density at radius 3 is 2.59 bits per heavy atom. The highest BCUT2D eigenvalue weighted by molar-refractivity contribution is 6.30. The zero-order valence-corrected chi connectivity index (χ0v) is 14.9. The summed E-state index contributed by atoms with van der Waals surface area (Å²) in [7, 11) is 0. The maximum atomic E-state index is 12.5. The predicted octanol–water partition coefficient (Wildman–Crippen LogP) is 5.08. The summed E-state index contributed by atoms with van der Waals surface area (Å²) in [5, 5.41) is 0.531. The lowest BCUT2D eigenvalue weighted by molar-refractivity contribution is 0.0733. The monoisotopic (exact) mass is 380 g/mol. The van der Waals surface area contributed by atoms with Gasteiger partial charge in [0.1, 0.15) is 17.3 Å². The SMILES string of the molecule is Cc1c(OC(=O)c2ccc(Cl)cc2)ccc2c1O/C(=C\c1ccco1)C2=O. The van der Waals surface area contributed by atoms with Crippen LogP contribution in [0.5, 0.6) is 11.5 Å². The zero-order valence-electron chi connectivity index (χ0n) is 14.2. The molecule has 0 aliphatic carbocycles. The zero-order chi connectivity index (χ0) is 19.0. The van der Waals surface area contributed by atoms with E-state index in [9.17, 15) is 9.59 Å². The Kier molecular flexibility index (Phi) is 4.30. The number of hydrogen-bond acceptors (Lipinski definition) is 5. The number of esters is 1. The second-order valence-corrected chi connectivity index (χ2v) is 6.35. The molecule has 0 atom stereocenters. The van der Waals surface area contributed by atoms with E-state index >= 15 is 0 Å². The largest absolute Gasteiger partial charge is 0.465 e. The van der Waals surface area contributed by atoms with Gasteiger partial charge in [0.05, 0.1) is 17.4 Å². The minimum Gasteiger partial charge on any atom is -0.465 e. The number of ketones is 1. The van der Waals surface area contributed by atoms with E-state index in [0.717, 1.165) is 0 Å². The quantitative estimate of drug-likeness (QED) is 0.360. The summed E-state index contributed by atoms with van der Waals surface area (Å²) >= 11 is 5.83. The molecule has 2 aromatic carbocycles. The molecule has 0 amide bonds. The first-order valence-electron chi connectivity index (χ1n) is 8.12. The van der Waals surface area contributed by atoms with Crippen molar-refractivity contribution in [3.05, 3.63) is 88.0 Å². The van der Waals surface area contributed by atoms with E-state index in [4.69, 9.17) is 25.5 Å². The van der Waals surface area contributed by atoms with Gasteiger partial charge in [-0.05, 0) is 55.5 Å². The predicted molar refractivity (Wildman–Crippen MR) is 99.2 cm³/mol. The summed E-state index contributed by atoms with van der Waals surface area (Å²) in [5.74, 6) is 0.591. The molecule has 0 saturated carbocycles. The molecular weight excluding hydrogens is 368 g/mol. The molecule has 27 heavy (non-hydrogen) atoms. The number of carbonyl (C=O) groups excluding carboxylic acids is 2. The third kappa shape index (κ3) is 3.25. The normalized spacial score (nSPS) is 14.1. The van der Waals surface area contributed by atoms with E-state index in [2.05, 4.69) is 0 Å². The highest BCUT2D eigenvalue weighted by atomic mass is 35.5. The fourth-order valence-corrected chi connectivity index (χ4v) is 2.85. The van der Waals surface area contributed by atoms with Crippen LogP contribution in [0.2, 0.25) is 5.02 Å². The van der Waals surface area contributed by atoms with Crippen LogP contribution < -0.4 is 9.47 Å². The average molecular weight is 381 g/mol. The van der Waals surface area contributed by atoms with Crippen molar-refractivity contribution in [3.63, 3.8) is 0 Å². The Labute approximate surface area is 159 Å². The third-order valence-electron chi connectivity index (χ3n) is 4.14. The molecule has 0 unspecified atom stereocenters. The molecule has 2 heterocycles. The molecule has 4 rings (SSSR count). The number of halogens is 1. The number of Topliss-reactive ketones (excluding diaryl/α,β-unsaturated/α-hetero) is 1. The summed E-state index contributed by atoms with van der Waals surface area (Å²) in [6.07, 6.45) is 3.04. The molecule has 1 aliphatic heterocycles. The molecule has 134 valence electrons. The smallest absolute Gasteiger partial charge is 0.343 e. The second-order valence-electron chi connectivity index (χ2n) is 5.92. The van der Waals surface area contributed by atoms with Gasteiger partial charge < -0.3 is 13.9 Å². The van der Waals surface area contributed by atoms with Crippen molar-refractivity contribution in [2.24, 2.45) is 0 Å². The third-order valence-corrected chi connectivity index (χ3v) is 4.39. The number of rotatable bonds is 3. The maximum Gasteiger partial charge on any atom is 0.343 e. The molecule has 0 fully saturated rings. The standard InChI is InChI=1S/C21H13ClO5/c1-12-17(27-21(24)13-4-6-14(22)7-5-13)9-8-16-19(23)18(26-20(12)16)11-15-3-2-10-25-15/h2-11H,1H3/b18-11-. The van der Waals surface area contributed by atoms with Gasteiger partial charge in [-0.15, -0.1) is 0 Å². The van der Waals surface area contributed by atoms with Gasteiger partial charge in [0.25, 0.3) is 0 Å². The van der Waals surface area contributed by atoms with Crippen LogP contribution in [0.25, 0.3) is 6.08 Å². The molecule has 1 aliphatic rings. The highest BCUT2D eigenvalue weighted by Gasteiger charge is 2.30. The van der Waals surface area contributed by atoms with Gasteiger partial charge in [0, 0.05) is 16.7 Å². The second kappa shape index (κ2) is 6.78. The summed E-state index contributed by atoms with van der Waals surface area (Å²) in [6, 6.07) is 13.0. The van der Waals surface area contributed by atoms with E-state index in [0.29, 0.717) is 39.0 Å². The van der Waals surface area contributed by atoms with Gasteiger partial charge in [-0.25, -0.2) is 4.79 Å². The van der Waals surface area contributed by atoms with Gasteiger partial charge >= 0.3 is 5.97 Å². The minimum atomic E-state index is -0.523. The van der Waals surface area contributed by atoms with Crippen molar-refractivity contribution in [1.82, 2.24) is 0 Å². The van der Waals surface area contributed by atoms with Gasteiger partial charge in [0.15, 0.2) is 5.76 Å². The van der Waals surface area contributed by atoms with Gasteiger partial charge in [0.2, 0.25) is 5.78 Å². The Morgan fingerprint density at radius 1 is 1.11 bits per heavy atom. The van der Waals surface area contributed by atoms with Crippen molar-refractivity contribution in [3.8, 4) is 11.5 Å². The van der Waals surface area contributed by atoms with E-state index in [1.54, 1.807) is 55.5 Å². The summed E-state index contributed by atoms with van der Waals surface area (Å²) < 4.78 is 16.4. The molecule has 0 N–H and O–H groups in total. The maximum absolute atomic E-state index is 12.5. The van der Waals surface area contributed by atoms with Crippen LogP contribution in [0.4, 0.5) is 0 Å². The van der Waals surface area contributed by atoms with Crippen LogP contribution in [-0.4, -0.2) is 11.8 Å². The first-order valence-corrected chi connectivity index (χ1v) is 8.50. The molecule has 0 saturated heterocycles. The Balaban J connectivity index is 1.61. The van der Waals surface area contributed by atoms with Crippen LogP contribution >= 0.6 is 11.6 Å². The van der Waals surface area contributed by atoms with Crippen molar-refractivity contribution in [2.75, 3.05) is 0 Å². The summed E-state index contributed by atoms with van der Waals surface area (Å²) in [6.45, 7) is 1.73. The lowest BCUT2D eigenvalue weighted by Gasteiger charge is -2.10. The average Bonchev–Trinajstić information content (AvgIpc) is 3.28. The Hall–Kier alpha value is -3.31. The summed E-state index contributed by atoms with van der Waals surface area (Å²) in [4.78, 5) is 24.8. The van der Waals surface area contributed by atoms with E-state index in [1.165, 1.54) is 12.3 Å². The topological polar surface area (TPSA) is 65.7 Å². The molecular formula is C21H13ClO5.